The highest BCUT2D eigenvalue weighted by Crippen LogP contribution is 2.10. The topological polar surface area (TPSA) is 64.7 Å². The lowest BCUT2D eigenvalue weighted by molar-refractivity contribution is 0.681. The predicted octanol–water partition coefficient (Wildman–Crippen LogP) is 1.34. The molecule has 7 heteroatoms. The van der Waals surface area contributed by atoms with Crippen LogP contribution in [0.2, 0.25) is 0 Å². The maximum atomic E-state index is 12.4. The number of nitrogens with one attached hydrogen (secondary N) is 1. The number of fused-ring (bicyclic) bond motifs is 1. The van der Waals surface area contributed by atoms with Crippen molar-refractivity contribution in [3.63, 3.8) is 0 Å². The summed E-state index contributed by atoms with van der Waals surface area (Å²) in [5.74, 6) is 0. The van der Waals surface area contributed by atoms with Crippen molar-refractivity contribution in [2.24, 2.45) is 14.1 Å². The first-order valence-corrected chi connectivity index (χ1v) is 7.34. The minimum atomic E-state index is -0.371. The van der Waals surface area contributed by atoms with Gasteiger partial charge in [-0.15, -0.1) is 0 Å². The lowest BCUT2D eigenvalue weighted by Gasteiger charge is -2.07. The Bertz CT molecular complexity index is 1010. The standard InChI is InChI=1S/C15H16N4O2S/c1-17-12-11(13(20)18(2)15(17)21)19(14(22)16-12)9-8-10-6-4-3-5-7-10/h3-7H,8-9H2,1-2H3,(H,16,22). The van der Waals surface area contributed by atoms with Crippen molar-refractivity contribution in [1.29, 1.82) is 0 Å². The van der Waals surface area contributed by atoms with Crippen LogP contribution in [0, 0.1) is 4.77 Å². The summed E-state index contributed by atoms with van der Waals surface area (Å²) < 4.78 is 4.72. The molecule has 0 fully saturated rings. The fourth-order valence-corrected chi connectivity index (χ4v) is 2.86. The van der Waals surface area contributed by atoms with Gasteiger partial charge in [-0.3, -0.25) is 13.9 Å². The zero-order chi connectivity index (χ0) is 15.9. The zero-order valence-corrected chi connectivity index (χ0v) is 13.2. The molecule has 0 unspecified atom stereocenters. The van der Waals surface area contributed by atoms with Gasteiger partial charge in [0.05, 0.1) is 0 Å². The molecule has 0 aliphatic carbocycles. The van der Waals surface area contributed by atoms with E-state index in [1.807, 2.05) is 30.3 Å². The number of imidazole rings is 1. The first-order valence-electron chi connectivity index (χ1n) is 6.93. The molecule has 0 radical (unpaired) electrons. The lowest BCUT2D eigenvalue weighted by atomic mass is 10.1. The number of H-pyrrole nitrogens is 1. The number of hydrogen-bond acceptors (Lipinski definition) is 3. The van der Waals surface area contributed by atoms with E-state index in [0.29, 0.717) is 22.5 Å². The van der Waals surface area contributed by atoms with E-state index < -0.39 is 0 Å². The number of aromatic amines is 1. The molecule has 0 spiro atoms. The van der Waals surface area contributed by atoms with Crippen LogP contribution in [0.1, 0.15) is 5.56 Å². The van der Waals surface area contributed by atoms with Crippen molar-refractivity contribution in [3.05, 3.63) is 61.5 Å². The smallest absolute Gasteiger partial charge is 0.316 e. The monoisotopic (exact) mass is 316 g/mol. The van der Waals surface area contributed by atoms with Gasteiger partial charge < -0.3 is 9.55 Å². The normalized spacial score (nSPS) is 11.2. The Kier molecular flexibility index (Phi) is 3.58. The van der Waals surface area contributed by atoms with Gasteiger partial charge in [-0.1, -0.05) is 30.3 Å². The predicted molar refractivity (Wildman–Crippen MR) is 87.8 cm³/mol. The third kappa shape index (κ3) is 2.23. The summed E-state index contributed by atoms with van der Waals surface area (Å²) in [6, 6.07) is 9.99. The Morgan fingerprint density at radius 3 is 2.45 bits per heavy atom. The molecule has 1 N–H and O–H groups in total. The van der Waals surface area contributed by atoms with E-state index in [-0.39, 0.29) is 11.2 Å². The van der Waals surface area contributed by atoms with Crippen LogP contribution in [0.15, 0.2) is 39.9 Å². The van der Waals surface area contributed by atoms with Gasteiger partial charge in [0.15, 0.2) is 10.3 Å². The molecule has 0 atom stereocenters. The van der Waals surface area contributed by atoms with Gasteiger partial charge in [-0.05, 0) is 24.2 Å². The van der Waals surface area contributed by atoms with Gasteiger partial charge in [-0.2, -0.15) is 0 Å². The highest BCUT2D eigenvalue weighted by Gasteiger charge is 2.14. The lowest BCUT2D eigenvalue weighted by Crippen LogP contribution is -2.37. The van der Waals surface area contributed by atoms with Crippen LogP contribution in [0.4, 0.5) is 0 Å². The first-order chi connectivity index (χ1) is 10.5. The minimum absolute atomic E-state index is 0.335. The second kappa shape index (κ2) is 5.42. The van der Waals surface area contributed by atoms with Crippen molar-refractivity contribution in [3.8, 4) is 0 Å². The third-order valence-electron chi connectivity index (χ3n) is 3.85. The van der Waals surface area contributed by atoms with Crippen molar-refractivity contribution in [2.45, 2.75) is 13.0 Å². The van der Waals surface area contributed by atoms with Gasteiger partial charge in [0.25, 0.3) is 5.56 Å². The Hall–Kier alpha value is -2.41. The minimum Gasteiger partial charge on any atom is -0.316 e. The van der Waals surface area contributed by atoms with Crippen LogP contribution in [-0.4, -0.2) is 18.7 Å². The van der Waals surface area contributed by atoms with E-state index in [1.165, 1.54) is 17.2 Å². The summed E-state index contributed by atoms with van der Waals surface area (Å²) in [4.78, 5) is 27.3. The van der Waals surface area contributed by atoms with Gasteiger partial charge in [0.1, 0.15) is 5.65 Å². The highest BCUT2D eigenvalue weighted by atomic mass is 32.1. The molecule has 3 rings (SSSR count). The summed E-state index contributed by atoms with van der Waals surface area (Å²) in [7, 11) is 3.10. The number of aryl methyl sites for hydroxylation is 3. The van der Waals surface area contributed by atoms with Crippen LogP contribution in [0.5, 0.6) is 0 Å². The van der Waals surface area contributed by atoms with E-state index in [0.717, 1.165) is 11.0 Å². The molecule has 0 amide bonds. The largest absolute Gasteiger partial charge is 0.332 e. The third-order valence-corrected chi connectivity index (χ3v) is 4.17. The number of nitrogens with zero attached hydrogens (tertiary/aromatic N) is 3. The second-order valence-electron chi connectivity index (χ2n) is 5.22. The fourth-order valence-electron chi connectivity index (χ4n) is 2.58. The number of aromatic nitrogens is 4. The Morgan fingerprint density at radius 1 is 1.09 bits per heavy atom. The number of benzene rings is 1. The maximum absolute atomic E-state index is 12.4. The van der Waals surface area contributed by atoms with E-state index in [2.05, 4.69) is 4.98 Å². The summed E-state index contributed by atoms with van der Waals surface area (Å²) in [6.45, 7) is 0.580. The van der Waals surface area contributed by atoms with E-state index in [9.17, 15) is 9.59 Å². The number of rotatable bonds is 3. The SMILES string of the molecule is Cn1c(=O)c2c([nH]c(=S)n2CCc2ccccc2)n(C)c1=O. The van der Waals surface area contributed by atoms with Crippen LogP contribution >= 0.6 is 12.2 Å². The van der Waals surface area contributed by atoms with E-state index in [4.69, 9.17) is 12.2 Å². The molecule has 0 aliphatic heterocycles. The van der Waals surface area contributed by atoms with Crippen molar-refractivity contribution in [1.82, 2.24) is 18.7 Å². The van der Waals surface area contributed by atoms with Crippen LogP contribution in [0.3, 0.4) is 0 Å². The quantitative estimate of drug-likeness (QED) is 0.742. The average Bonchev–Trinajstić information content (AvgIpc) is 2.86. The molecule has 22 heavy (non-hydrogen) atoms. The van der Waals surface area contributed by atoms with Crippen LogP contribution in [-0.2, 0) is 27.1 Å². The van der Waals surface area contributed by atoms with Crippen molar-refractivity contribution < 1.29 is 0 Å². The molecule has 0 bridgehead atoms. The molecule has 2 heterocycles. The average molecular weight is 316 g/mol. The molecule has 114 valence electrons. The zero-order valence-electron chi connectivity index (χ0n) is 12.4. The van der Waals surface area contributed by atoms with E-state index >= 15 is 0 Å². The molecule has 0 saturated carbocycles. The molecule has 1 aromatic carbocycles. The maximum Gasteiger partial charge on any atom is 0.332 e. The molecular weight excluding hydrogens is 300 g/mol. The van der Waals surface area contributed by atoms with Gasteiger partial charge >= 0.3 is 5.69 Å². The molecule has 2 aromatic heterocycles. The summed E-state index contributed by atoms with van der Waals surface area (Å²) in [5, 5.41) is 0. The Labute approximate surface area is 131 Å². The summed E-state index contributed by atoms with van der Waals surface area (Å²) in [6.07, 6.45) is 0.758. The van der Waals surface area contributed by atoms with Gasteiger partial charge in [0, 0.05) is 20.6 Å². The molecule has 0 saturated heterocycles. The number of hydrogen-bond donors (Lipinski definition) is 1. The Balaban J connectivity index is 2.15. The van der Waals surface area contributed by atoms with Crippen molar-refractivity contribution in [2.75, 3.05) is 0 Å². The van der Waals surface area contributed by atoms with Gasteiger partial charge in [0.2, 0.25) is 0 Å². The van der Waals surface area contributed by atoms with Crippen LogP contribution < -0.4 is 11.2 Å². The van der Waals surface area contributed by atoms with E-state index in [1.54, 1.807) is 11.6 Å². The Morgan fingerprint density at radius 2 is 1.77 bits per heavy atom. The van der Waals surface area contributed by atoms with Crippen LogP contribution in [0.25, 0.3) is 11.2 Å². The summed E-state index contributed by atoms with van der Waals surface area (Å²) in [5.41, 5.74) is 1.36. The molecular formula is C15H16N4O2S. The first kappa shape index (κ1) is 14.5. The molecule has 3 aromatic rings. The molecule has 6 nitrogen and oxygen atoms in total. The highest BCUT2D eigenvalue weighted by molar-refractivity contribution is 7.71. The second-order valence-corrected chi connectivity index (χ2v) is 5.61. The summed E-state index contributed by atoms with van der Waals surface area (Å²) >= 11 is 5.32. The van der Waals surface area contributed by atoms with Gasteiger partial charge in [-0.25, -0.2) is 4.79 Å². The fraction of sp³-hybridized carbons (Fsp3) is 0.267. The molecule has 0 aliphatic rings. The van der Waals surface area contributed by atoms with Crippen molar-refractivity contribution >= 4 is 23.4 Å².